The van der Waals surface area contributed by atoms with E-state index in [-0.39, 0.29) is 22.8 Å². The highest BCUT2D eigenvalue weighted by atomic mass is 19.2. The lowest BCUT2D eigenvalue weighted by molar-refractivity contribution is 0.101. The molecule has 0 saturated heterocycles. The van der Waals surface area contributed by atoms with Gasteiger partial charge in [-0.05, 0) is 36.4 Å². The molecule has 2 aromatic carbocycles. The van der Waals surface area contributed by atoms with E-state index < -0.39 is 29.3 Å². The van der Waals surface area contributed by atoms with Gasteiger partial charge >= 0.3 is 0 Å². The van der Waals surface area contributed by atoms with Crippen LogP contribution in [0.1, 0.15) is 21.0 Å². The van der Waals surface area contributed by atoms with Crippen molar-refractivity contribution in [2.45, 2.75) is 0 Å². The minimum absolute atomic E-state index is 0.0269. The number of anilines is 2. The quantitative estimate of drug-likeness (QED) is 0.728. The highest BCUT2D eigenvalue weighted by molar-refractivity contribution is 6.06. The molecule has 0 spiro atoms. The van der Waals surface area contributed by atoms with E-state index in [9.17, 15) is 22.8 Å². The van der Waals surface area contributed by atoms with E-state index in [1.807, 2.05) is 0 Å². The number of pyridine rings is 1. The lowest BCUT2D eigenvalue weighted by Gasteiger charge is -2.08. The minimum atomic E-state index is -1.11. The van der Waals surface area contributed by atoms with Crippen LogP contribution in [0.4, 0.5) is 24.5 Å². The van der Waals surface area contributed by atoms with Crippen molar-refractivity contribution < 1.29 is 22.8 Å². The van der Waals surface area contributed by atoms with Gasteiger partial charge in [0.25, 0.3) is 11.8 Å². The first-order chi connectivity index (χ1) is 12.9. The van der Waals surface area contributed by atoms with Gasteiger partial charge in [0.1, 0.15) is 17.2 Å². The van der Waals surface area contributed by atoms with Crippen LogP contribution in [0.25, 0.3) is 0 Å². The third-order valence-electron chi connectivity index (χ3n) is 3.51. The molecular formula is C19H12F3N3O2. The number of hydrogen-bond donors (Lipinski definition) is 2. The molecule has 1 aromatic heterocycles. The monoisotopic (exact) mass is 371 g/mol. The number of amides is 2. The maximum atomic E-state index is 13.6. The number of benzene rings is 2. The molecule has 2 N–H and O–H groups in total. The summed E-state index contributed by atoms with van der Waals surface area (Å²) in [6.07, 6.45) is 0. The van der Waals surface area contributed by atoms with Gasteiger partial charge in [-0.15, -0.1) is 0 Å². The first-order valence-corrected chi connectivity index (χ1v) is 7.73. The molecule has 8 heteroatoms. The molecule has 0 saturated carbocycles. The van der Waals surface area contributed by atoms with Crippen molar-refractivity contribution in [3.05, 3.63) is 89.5 Å². The van der Waals surface area contributed by atoms with E-state index in [4.69, 9.17) is 0 Å². The second-order valence-corrected chi connectivity index (χ2v) is 5.43. The molecule has 0 aliphatic carbocycles. The van der Waals surface area contributed by atoms with Crippen LogP contribution >= 0.6 is 0 Å². The maximum Gasteiger partial charge on any atom is 0.274 e. The Hall–Kier alpha value is -3.68. The van der Waals surface area contributed by atoms with Crippen molar-refractivity contribution in [1.29, 1.82) is 0 Å². The van der Waals surface area contributed by atoms with Gasteiger partial charge in [0, 0.05) is 11.8 Å². The molecule has 0 aliphatic heterocycles. The van der Waals surface area contributed by atoms with Crippen LogP contribution in [0.5, 0.6) is 0 Å². The van der Waals surface area contributed by atoms with E-state index in [1.54, 1.807) is 6.07 Å². The summed E-state index contributed by atoms with van der Waals surface area (Å²) >= 11 is 0. The number of nitrogens with zero attached hydrogens (tertiary/aromatic N) is 1. The highest BCUT2D eigenvalue weighted by Gasteiger charge is 2.14. The van der Waals surface area contributed by atoms with Crippen molar-refractivity contribution >= 4 is 23.2 Å². The Labute approximate surface area is 151 Å². The number of para-hydroxylation sites is 1. The smallest absolute Gasteiger partial charge is 0.274 e. The summed E-state index contributed by atoms with van der Waals surface area (Å²) in [6.45, 7) is 0. The average molecular weight is 371 g/mol. The van der Waals surface area contributed by atoms with E-state index in [0.29, 0.717) is 0 Å². The van der Waals surface area contributed by atoms with E-state index in [2.05, 4.69) is 15.6 Å². The number of carbonyl (C=O) groups is 2. The summed E-state index contributed by atoms with van der Waals surface area (Å²) < 4.78 is 39.8. The van der Waals surface area contributed by atoms with Crippen LogP contribution in [0.2, 0.25) is 0 Å². The van der Waals surface area contributed by atoms with Gasteiger partial charge in [-0.25, -0.2) is 18.2 Å². The summed E-state index contributed by atoms with van der Waals surface area (Å²) in [5, 5.41) is 4.71. The fraction of sp³-hybridized carbons (Fsp3) is 0. The van der Waals surface area contributed by atoms with Gasteiger partial charge in [0.05, 0.1) is 5.69 Å². The SMILES string of the molecule is O=C(Nc1ccc(F)c(F)c1)c1cccc(C(=O)Nc2ccccc2F)n1. The summed E-state index contributed by atoms with van der Waals surface area (Å²) in [4.78, 5) is 28.4. The lowest BCUT2D eigenvalue weighted by Crippen LogP contribution is -2.19. The lowest BCUT2D eigenvalue weighted by atomic mass is 10.2. The van der Waals surface area contributed by atoms with E-state index >= 15 is 0 Å². The fourth-order valence-corrected chi connectivity index (χ4v) is 2.21. The van der Waals surface area contributed by atoms with E-state index in [0.717, 1.165) is 12.1 Å². The normalized spacial score (nSPS) is 10.3. The number of hydrogen-bond acceptors (Lipinski definition) is 3. The Morgan fingerprint density at radius 2 is 1.37 bits per heavy atom. The van der Waals surface area contributed by atoms with Gasteiger partial charge in [0.15, 0.2) is 11.6 Å². The second kappa shape index (κ2) is 7.69. The zero-order chi connectivity index (χ0) is 19.4. The number of carbonyl (C=O) groups excluding carboxylic acids is 2. The Kier molecular flexibility index (Phi) is 5.16. The zero-order valence-corrected chi connectivity index (χ0v) is 13.7. The Morgan fingerprint density at radius 3 is 2.04 bits per heavy atom. The third kappa shape index (κ3) is 4.30. The number of nitrogens with one attached hydrogen (secondary N) is 2. The van der Waals surface area contributed by atoms with Crippen molar-refractivity contribution in [2.24, 2.45) is 0 Å². The van der Waals surface area contributed by atoms with Gasteiger partial charge in [-0.3, -0.25) is 9.59 Å². The summed E-state index contributed by atoms with van der Waals surface area (Å²) in [7, 11) is 0. The molecule has 27 heavy (non-hydrogen) atoms. The number of halogens is 3. The minimum Gasteiger partial charge on any atom is -0.321 e. The van der Waals surface area contributed by atoms with Crippen molar-refractivity contribution in [3.63, 3.8) is 0 Å². The van der Waals surface area contributed by atoms with Gasteiger partial charge in [-0.2, -0.15) is 0 Å². The van der Waals surface area contributed by atoms with E-state index in [1.165, 1.54) is 42.5 Å². The maximum absolute atomic E-state index is 13.6. The number of rotatable bonds is 4. The molecule has 0 fully saturated rings. The predicted octanol–water partition coefficient (Wildman–Crippen LogP) is 4.00. The molecule has 0 atom stereocenters. The fourth-order valence-electron chi connectivity index (χ4n) is 2.21. The molecule has 1 heterocycles. The topological polar surface area (TPSA) is 71.1 Å². The summed E-state index contributed by atoms with van der Waals surface area (Å²) in [6, 6.07) is 12.6. The molecule has 0 aliphatic rings. The summed E-state index contributed by atoms with van der Waals surface area (Å²) in [5.41, 5.74) is -0.236. The molecule has 3 rings (SSSR count). The third-order valence-corrected chi connectivity index (χ3v) is 3.51. The standard InChI is InChI=1S/C19H12F3N3O2/c20-12-9-8-11(10-14(12)22)23-18(26)16-6-3-7-17(24-16)19(27)25-15-5-2-1-4-13(15)21/h1-10H,(H,23,26)(H,25,27). The first-order valence-electron chi connectivity index (χ1n) is 7.73. The van der Waals surface area contributed by atoms with Gasteiger partial charge in [-0.1, -0.05) is 18.2 Å². The van der Waals surface area contributed by atoms with Gasteiger partial charge in [0.2, 0.25) is 0 Å². The average Bonchev–Trinajstić information content (AvgIpc) is 2.66. The first kappa shape index (κ1) is 18.1. The molecule has 136 valence electrons. The Morgan fingerprint density at radius 1 is 0.704 bits per heavy atom. The van der Waals surface area contributed by atoms with Crippen LogP contribution in [-0.2, 0) is 0 Å². The summed E-state index contributed by atoms with van der Waals surface area (Å²) in [5.74, 6) is -4.20. The molecule has 0 bridgehead atoms. The van der Waals surface area contributed by atoms with Gasteiger partial charge < -0.3 is 10.6 Å². The van der Waals surface area contributed by atoms with Crippen molar-refractivity contribution in [3.8, 4) is 0 Å². The molecule has 3 aromatic rings. The molecule has 2 amide bonds. The molecule has 0 radical (unpaired) electrons. The largest absolute Gasteiger partial charge is 0.321 e. The molecular weight excluding hydrogens is 359 g/mol. The van der Waals surface area contributed by atoms with Crippen molar-refractivity contribution in [1.82, 2.24) is 4.98 Å². The second-order valence-electron chi connectivity index (χ2n) is 5.43. The Balaban J connectivity index is 1.76. The van der Waals surface area contributed by atoms with Crippen LogP contribution in [-0.4, -0.2) is 16.8 Å². The van der Waals surface area contributed by atoms with Crippen molar-refractivity contribution in [2.75, 3.05) is 10.6 Å². The van der Waals surface area contributed by atoms with Crippen LogP contribution < -0.4 is 10.6 Å². The molecule has 0 unspecified atom stereocenters. The molecule has 5 nitrogen and oxygen atoms in total. The Bertz CT molecular complexity index is 1020. The highest BCUT2D eigenvalue weighted by Crippen LogP contribution is 2.15. The predicted molar refractivity (Wildman–Crippen MR) is 92.9 cm³/mol. The van der Waals surface area contributed by atoms with Crippen LogP contribution in [0.15, 0.2) is 60.7 Å². The zero-order valence-electron chi connectivity index (χ0n) is 13.7. The van der Waals surface area contributed by atoms with Crippen LogP contribution in [0, 0.1) is 17.5 Å². The number of aromatic nitrogens is 1. The van der Waals surface area contributed by atoms with Crippen LogP contribution in [0.3, 0.4) is 0 Å².